The standard InChI is InChI=1S/C18H18BrN3O2/c19-13-7-5-12(6-8-13)11-18(24)20-15-4-2-1-3-14(15)16-9-10-17(23)22-21-16/h1-8,16,21H,9-11H2,(H,20,24)(H,22,23). The van der Waals surface area contributed by atoms with Crippen LogP contribution in [0.3, 0.4) is 0 Å². The first kappa shape index (κ1) is 16.7. The molecule has 3 N–H and O–H groups in total. The molecule has 1 unspecified atom stereocenters. The molecule has 0 aromatic heterocycles. The summed E-state index contributed by atoms with van der Waals surface area (Å²) in [7, 11) is 0. The lowest BCUT2D eigenvalue weighted by atomic mass is 9.99. The average Bonchev–Trinajstić information content (AvgIpc) is 2.58. The highest BCUT2D eigenvalue weighted by molar-refractivity contribution is 9.10. The van der Waals surface area contributed by atoms with E-state index in [1.54, 1.807) is 0 Å². The third-order valence-corrected chi connectivity index (χ3v) is 4.46. The largest absolute Gasteiger partial charge is 0.325 e. The van der Waals surface area contributed by atoms with Gasteiger partial charge in [0.2, 0.25) is 11.8 Å². The van der Waals surface area contributed by atoms with Crippen molar-refractivity contribution < 1.29 is 9.59 Å². The van der Waals surface area contributed by atoms with Gasteiger partial charge in [0, 0.05) is 16.6 Å². The quantitative estimate of drug-likeness (QED) is 0.754. The van der Waals surface area contributed by atoms with Gasteiger partial charge < -0.3 is 5.32 Å². The molecule has 1 saturated heterocycles. The lowest BCUT2D eigenvalue weighted by Gasteiger charge is -2.26. The molecule has 24 heavy (non-hydrogen) atoms. The number of halogens is 1. The molecule has 5 nitrogen and oxygen atoms in total. The SMILES string of the molecule is O=C1CCC(c2ccccc2NC(=O)Cc2ccc(Br)cc2)NN1. The average molecular weight is 388 g/mol. The molecule has 6 heteroatoms. The first-order chi connectivity index (χ1) is 11.6. The molecule has 0 saturated carbocycles. The van der Waals surface area contributed by atoms with Gasteiger partial charge in [0.15, 0.2) is 0 Å². The summed E-state index contributed by atoms with van der Waals surface area (Å²) in [5.74, 6) is -0.0763. The molecule has 3 rings (SSSR count). The van der Waals surface area contributed by atoms with Crippen LogP contribution in [0.1, 0.15) is 30.0 Å². The molecule has 2 aromatic carbocycles. The van der Waals surface area contributed by atoms with Crippen LogP contribution in [0.15, 0.2) is 53.0 Å². The molecule has 0 radical (unpaired) electrons. The van der Waals surface area contributed by atoms with Crippen molar-refractivity contribution in [3.05, 3.63) is 64.1 Å². The summed E-state index contributed by atoms with van der Waals surface area (Å²) in [5.41, 5.74) is 8.35. The smallest absolute Gasteiger partial charge is 0.234 e. The van der Waals surface area contributed by atoms with Crippen LogP contribution >= 0.6 is 15.9 Å². The van der Waals surface area contributed by atoms with Crippen LogP contribution in [-0.2, 0) is 16.0 Å². The third-order valence-electron chi connectivity index (χ3n) is 3.93. The van der Waals surface area contributed by atoms with E-state index >= 15 is 0 Å². The van der Waals surface area contributed by atoms with Gasteiger partial charge in [-0.15, -0.1) is 0 Å². The van der Waals surface area contributed by atoms with Gasteiger partial charge in [-0.2, -0.15) is 0 Å². The molecule has 0 spiro atoms. The number of hydrogen-bond donors (Lipinski definition) is 3. The number of carbonyl (C=O) groups excluding carboxylic acids is 2. The van der Waals surface area contributed by atoms with Gasteiger partial charge in [-0.25, -0.2) is 5.43 Å². The van der Waals surface area contributed by atoms with Crippen molar-refractivity contribution in [3.8, 4) is 0 Å². The molecule has 2 aromatic rings. The van der Waals surface area contributed by atoms with Crippen molar-refractivity contribution in [2.24, 2.45) is 0 Å². The van der Waals surface area contributed by atoms with E-state index < -0.39 is 0 Å². The molecular weight excluding hydrogens is 370 g/mol. The second-order valence-electron chi connectivity index (χ2n) is 5.72. The van der Waals surface area contributed by atoms with Gasteiger partial charge in [-0.1, -0.05) is 46.3 Å². The zero-order valence-electron chi connectivity index (χ0n) is 13.0. The zero-order valence-corrected chi connectivity index (χ0v) is 14.6. The molecule has 1 aliphatic heterocycles. The maximum absolute atomic E-state index is 12.3. The fraction of sp³-hybridized carbons (Fsp3) is 0.222. The van der Waals surface area contributed by atoms with Crippen molar-refractivity contribution in [2.45, 2.75) is 25.3 Å². The molecule has 124 valence electrons. The van der Waals surface area contributed by atoms with Crippen molar-refractivity contribution in [1.82, 2.24) is 10.9 Å². The summed E-state index contributed by atoms with van der Waals surface area (Å²) in [6.45, 7) is 0. The Bertz CT molecular complexity index is 736. The van der Waals surface area contributed by atoms with Gasteiger partial charge in [0.1, 0.15) is 0 Å². The number of rotatable bonds is 4. The number of anilines is 1. The van der Waals surface area contributed by atoms with Crippen LogP contribution < -0.4 is 16.2 Å². The van der Waals surface area contributed by atoms with Crippen molar-refractivity contribution >= 4 is 33.4 Å². The summed E-state index contributed by atoms with van der Waals surface area (Å²) < 4.78 is 0.988. The van der Waals surface area contributed by atoms with Gasteiger partial charge in [-0.05, 0) is 35.7 Å². The lowest BCUT2D eigenvalue weighted by molar-refractivity contribution is -0.124. The van der Waals surface area contributed by atoms with Crippen LogP contribution in [0.2, 0.25) is 0 Å². The van der Waals surface area contributed by atoms with E-state index in [-0.39, 0.29) is 17.9 Å². The Morgan fingerprint density at radius 3 is 2.62 bits per heavy atom. The Hall–Kier alpha value is -2.18. The van der Waals surface area contributed by atoms with E-state index in [9.17, 15) is 9.59 Å². The number of benzene rings is 2. The van der Waals surface area contributed by atoms with Crippen molar-refractivity contribution in [3.63, 3.8) is 0 Å². The van der Waals surface area contributed by atoms with Crippen LogP contribution in [0.4, 0.5) is 5.69 Å². The second kappa shape index (κ2) is 7.59. The van der Waals surface area contributed by atoms with Gasteiger partial charge >= 0.3 is 0 Å². The molecule has 1 fully saturated rings. The first-order valence-electron chi connectivity index (χ1n) is 7.79. The topological polar surface area (TPSA) is 70.2 Å². The minimum absolute atomic E-state index is 0.00752. The summed E-state index contributed by atoms with van der Waals surface area (Å²) in [4.78, 5) is 23.6. The van der Waals surface area contributed by atoms with Crippen molar-refractivity contribution in [2.75, 3.05) is 5.32 Å². The molecule has 2 amide bonds. The number of amides is 2. The summed E-state index contributed by atoms with van der Waals surface area (Å²) in [6.07, 6.45) is 1.49. The maximum Gasteiger partial charge on any atom is 0.234 e. The molecule has 1 atom stereocenters. The molecule has 0 bridgehead atoms. The Morgan fingerprint density at radius 2 is 1.92 bits per heavy atom. The van der Waals surface area contributed by atoms with E-state index in [1.807, 2.05) is 48.5 Å². The van der Waals surface area contributed by atoms with E-state index in [2.05, 4.69) is 32.1 Å². The monoisotopic (exact) mass is 387 g/mol. The van der Waals surface area contributed by atoms with E-state index in [0.29, 0.717) is 19.3 Å². The summed E-state index contributed by atoms with van der Waals surface area (Å²) in [6, 6.07) is 15.3. The lowest BCUT2D eigenvalue weighted by Crippen LogP contribution is -2.44. The number of carbonyl (C=O) groups is 2. The molecule has 1 aliphatic rings. The highest BCUT2D eigenvalue weighted by Gasteiger charge is 2.21. The highest BCUT2D eigenvalue weighted by atomic mass is 79.9. The van der Waals surface area contributed by atoms with E-state index in [0.717, 1.165) is 21.3 Å². The highest BCUT2D eigenvalue weighted by Crippen LogP contribution is 2.27. The number of hydrazine groups is 1. The predicted molar refractivity (Wildman–Crippen MR) is 96.2 cm³/mol. The minimum atomic E-state index is -0.0652. The Kier molecular flexibility index (Phi) is 5.27. The normalized spacial score (nSPS) is 17.2. The Balaban J connectivity index is 1.69. The minimum Gasteiger partial charge on any atom is -0.325 e. The summed E-state index contributed by atoms with van der Waals surface area (Å²) >= 11 is 3.39. The molecular formula is C18H18BrN3O2. The zero-order chi connectivity index (χ0) is 16.9. The predicted octanol–water partition coefficient (Wildman–Crippen LogP) is 3.09. The Labute approximate surface area is 148 Å². The number of para-hydroxylation sites is 1. The molecule has 0 aliphatic carbocycles. The van der Waals surface area contributed by atoms with Crippen LogP contribution in [0.5, 0.6) is 0 Å². The fourth-order valence-electron chi connectivity index (χ4n) is 2.71. The van der Waals surface area contributed by atoms with Crippen LogP contribution in [0.25, 0.3) is 0 Å². The van der Waals surface area contributed by atoms with Crippen LogP contribution in [-0.4, -0.2) is 11.8 Å². The third kappa shape index (κ3) is 4.21. The number of nitrogens with one attached hydrogen (secondary N) is 3. The Morgan fingerprint density at radius 1 is 1.17 bits per heavy atom. The maximum atomic E-state index is 12.3. The van der Waals surface area contributed by atoms with E-state index in [4.69, 9.17) is 0 Å². The van der Waals surface area contributed by atoms with Gasteiger partial charge in [0.25, 0.3) is 0 Å². The van der Waals surface area contributed by atoms with Gasteiger partial charge in [0.05, 0.1) is 12.5 Å². The first-order valence-corrected chi connectivity index (χ1v) is 8.59. The van der Waals surface area contributed by atoms with Crippen molar-refractivity contribution in [1.29, 1.82) is 0 Å². The van der Waals surface area contributed by atoms with Gasteiger partial charge in [-0.3, -0.25) is 15.0 Å². The van der Waals surface area contributed by atoms with E-state index in [1.165, 1.54) is 0 Å². The number of hydrogen-bond acceptors (Lipinski definition) is 3. The summed E-state index contributed by atoms with van der Waals surface area (Å²) in [5, 5.41) is 2.98. The second-order valence-corrected chi connectivity index (χ2v) is 6.64. The van der Waals surface area contributed by atoms with Crippen LogP contribution in [0, 0.1) is 0 Å². The fourth-order valence-corrected chi connectivity index (χ4v) is 2.97. The molecule has 1 heterocycles.